The zero-order chi connectivity index (χ0) is 17.0. The molecule has 0 saturated heterocycles. The van der Waals surface area contributed by atoms with E-state index in [-0.39, 0.29) is 17.9 Å². The van der Waals surface area contributed by atoms with Crippen LogP contribution >= 0.6 is 0 Å². The molecule has 0 radical (unpaired) electrons. The Hall–Kier alpha value is -2.40. The van der Waals surface area contributed by atoms with Gasteiger partial charge in [0.1, 0.15) is 5.69 Å². The van der Waals surface area contributed by atoms with E-state index in [4.69, 9.17) is 0 Å². The molecule has 122 valence electrons. The van der Waals surface area contributed by atoms with Crippen molar-refractivity contribution in [2.45, 2.75) is 32.3 Å². The Morgan fingerprint density at radius 2 is 1.87 bits per heavy atom. The van der Waals surface area contributed by atoms with Gasteiger partial charge in [-0.1, -0.05) is 45.0 Å². The summed E-state index contributed by atoms with van der Waals surface area (Å²) in [5.41, 5.74) is 2.63. The summed E-state index contributed by atoms with van der Waals surface area (Å²) >= 11 is 0. The molecule has 23 heavy (non-hydrogen) atoms. The van der Waals surface area contributed by atoms with E-state index in [0.717, 1.165) is 5.56 Å². The fourth-order valence-electron chi connectivity index (χ4n) is 2.22. The Bertz CT molecular complexity index is 681. The van der Waals surface area contributed by atoms with E-state index >= 15 is 0 Å². The summed E-state index contributed by atoms with van der Waals surface area (Å²) in [5, 5.41) is 12.8. The summed E-state index contributed by atoms with van der Waals surface area (Å²) in [7, 11) is 0. The van der Waals surface area contributed by atoms with Crippen LogP contribution in [0.1, 0.15) is 59.0 Å². The average Bonchev–Trinajstić information content (AvgIpc) is 3.00. The quantitative estimate of drug-likeness (QED) is 0.742. The molecule has 5 nitrogen and oxygen atoms in total. The number of aliphatic hydroxyl groups is 1. The first-order valence-corrected chi connectivity index (χ1v) is 7.52. The first kappa shape index (κ1) is 17.0. The van der Waals surface area contributed by atoms with Gasteiger partial charge in [0.15, 0.2) is 6.29 Å². The molecule has 2 rings (SSSR count). The number of amides is 1. The van der Waals surface area contributed by atoms with Crippen LogP contribution in [0.25, 0.3) is 0 Å². The zero-order valence-corrected chi connectivity index (χ0v) is 13.6. The summed E-state index contributed by atoms with van der Waals surface area (Å²) in [6.07, 6.45) is -0.143. The van der Waals surface area contributed by atoms with Crippen molar-refractivity contribution >= 4 is 12.2 Å². The van der Waals surface area contributed by atoms with Crippen LogP contribution in [0.5, 0.6) is 0 Å². The maximum atomic E-state index is 11.9. The third-order valence-electron chi connectivity index (χ3n) is 3.70. The molecule has 1 atom stereocenters. The largest absolute Gasteiger partial charge is 0.387 e. The fourth-order valence-corrected chi connectivity index (χ4v) is 2.22. The van der Waals surface area contributed by atoms with Gasteiger partial charge in [0.2, 0.25) is 0 Å². The van der Waals surface area contributed by atoms with Crippen LogP contribution in [0.4, 0.5) is 0 Å². The lowest BCUT2D eigenvalue weighted by molar-refractivity contribution is 0.0912. The van der Waals surface area contributed by atoms with Gasteiger partial charge in [0.25, 0.3) is 5.91 Å². The van der Waals surface area contributed by atoms with Gasteiger partial charge in [-0.25, -0.2) is 0 Å². The van der Waals surface area contributed by atoms with Crippen molar-refractivity contribution in [1.29, 1.82) is 0 Å². The lowest BCUT2D eigenvalue weighted by Crippen LogP contribution is -2.28. The van der Waals surface area contributed by atoms with Crippen LogP contribution < -0.4 is 5.32 Å². The van der Waals surface area contributed by atoms with Crippen LogP contribution in [0.3, 0.4) is 0 Å². The predicted octanol–water partition coefficient (Wildman–Crippen LogP) is 2.59. The van der Waals surface area contributed by atoms with E-state index in [1.54, 1.807) is 0 Å². The second-order valence-corrected chi connectivity index (χ2v) is 6.54. The molecule has 3 N–H and O–H groups in total. The van der Waals surface area contributed by atoms with Crippen LogP contribution in [-0.4, -0.2) is 28.8 Å². The number of aromatic nitrogens is 1. The molecule has 5 heteroatoms. The zero-order valence-electron chi connectivity index (χ0n) is 13.6. The second kappa shape index (κ2) is 6.79. The van der Waals surface area contributed by atoms with Crippen molar-refractivity contribution in [3.63, 3.8) is 0 Å². The number of carbonyl (C=O) groups is 2. The van der Waals surface area contributed by atoms with Crippen molar-refractivity contribution in [2.24, 2.45) is 0 Å². The van der Waals surface area contributed by atoms with Crippen LogP contribution in [0, 0.1) is 0 Å². The number of H-pyrrole nitrogens is 1. The molecule has 0 aliphatic heterocycles. The molecular formula is C18H22N2O3. The first-order valence-electron chi connectivity index (χ1n) is 7.52. The van der Waals surface area contributed by atoms with E-state index in [9.17, 15) is 14.7 Å². The number of rotatable bonds is 5. The van der Waals surface area contributed by atoms with Gasteiger partial charge in [-0.15, -0.1) is 0 Å². The van der Waals surface area contributed by atoms with Crippen LogP contribution in [0.2, 0.25) is 0 Å². The number of aromatic amines is 1. The van der Waals surface area contributed by atoms with Crippen molar-refractivity contribution in [3.8, 4) is 0 Å². The number of carbonyl (C=O) groups excluding carboxylic acids is 2. The highest BCUT2D eigenvalue weighted by atomic mass is 16.3. The summed E-state index contributed by atoms with van der Waals surface area (Å²) in [5.74, 6) is -0.358. The number of hydrogen-bond acceptors (Lipinski definition) is 3. The van der Waals surface area contributed by atoms with Gasteiger partial charge < -0.3 is 15.4 Å². The lowest BCUT2D eigenvalue weighted by Gasteiger charge is -2.20. The van der Waals surface area contributed by atoms with Gasteiger partial charge in [-0.3, -0.25) is 9.59 Å². The van der Waals surface area contributed by atoms with E-state index in [1.165, 1.54) is 17.7 Å². The third kappa shape index (κ3) is 4.29. The number of hydrogen-bond donors (Lipinski definition) is 3. The second-order valence-electron chi connectivity index (χ2n) is 6.54. The number of nitrogens with one attached hydrogen (secondary N) is 2. The van der Waals surface area contributed by atoms with Crippen molar-refractivity contribution in [2.75, 3.05) is 6.54 Å². The Kier molecular flexibility index (Phi) is 5.01. The molecule has 0 fully saturated rings. The van der Waals surface area contributed by atoms with Crippen molar-refractivity contribution in [3.05, 3.63) is 58.9 Å². The Labute approximate surface area is 135 Å². The molecule has 1 amide bonds. The fraction of sp³-hybridized carbons (Fsp3) is 0.333. The minimum absolute atomic E-state index is 0.0571. The molecular weight excluding hydrogens is 292 g/mol. The SMILES string of the molecule is CC(C)(C)c1ccc(C(O)CNC(=O)c2ccc(C=O)[nH]2)cc1. The maximum absolute atomic E-state index is 11.9. The molecule has 1 aromatic heterocycles. The lowest BCUT2D eigenvalue weighted by atomic mass is 9.86. The van der Waals surface area contributed by atoms with Gasteiger partial charge >= 0.3 is 0 Å². The summed E-state index contributed by atoms with van der Waals surface area (Å²) in [4.78, 5) is 25.2. The molecule has 1 unspecified atom stereocenters. The molecule has 0 aliphatic rings. The van der Waals surface area contributed by atoms with Gasteiger partial charge in [-0.2, -0.15) is 0 Å². The van der Waals surface area contributed by atoms with E-state index in [0.29, 0.717) is 17.7 Å². The Morgan fingerprint density at radius 1 is 1.22 bits per heavy atom. The summed E-state index contributed by atoms with van der Waals surface area (Å²) < 4.78 is 0. The van der Waals surface area contributed by atoms with E-state index < -0.39 is 6.10 Å². The smallest absolute Gasteiger partial charge is 0.267 e. The predicted molar refractivity (Wildman–Crippen MR) is 88.6 cm³/mol. The minimum Gasteiger partial charge on any atom is -0.387 e. The molecule has 2 aromatic rings. The van der Waals surface area contributed by atoms with Gasteiger partial charge in [0.05, 0.1) is 11.8 Å². The molecule has 0 saturated carbocycles. The highest BCUT2D eigenvalue weighted by molar-refractivity contribution is 5.93. The molecule has 0 aliphatic carbocycles. The minimum atomic E-state index is -0.784. The third-order valence-corrected chi connectivity index (χ3v) is 3.70. The van der Waals surface area contributed by atoms with Crippen molar-refractivity contribution in [1.82, 2.24) is 10.3 Å². The topological polar surface area (TPSA) is 82.2 Å². The highest BCUT2D eigenvalue weighted by Gasteiger charge is 2.15. The highest BCUT2D eigenvalue weighted by Crippen LogP contribution is 2.23. The van der Waals surface area contributed by atoms with Crippen molar-refractivity contribution < 1.29 is 14.7 Å². The standard InChI is InChI=1S/C18H22N2O3/c1-18(2,3)13-6-4-12(5-7-13)16(22)10-19-17(23)15-9-8-14(11-21)20-15/h4-9,11,16,20,22H,10H2,1-3H3,(H,19,23). The van der Waals surface area contributed by atoms with E-state index in [2.05, 4.69) is 31.1 Å². The molecule has 1 heterocycles. The number of aliphatic hydroxyl groups excluding tert-OH is 1. The molecule has 1 aromatic carbocycles. The Morgan fingerprint density at radius 3 is 2.39 bits per heavy atom. The molecule has 0 bridgehead atoms. The molecule has 0 spiro atoms. The number of benzene rings is 1. The number of aldehydes is 1. The monoisotopic (exact) mass is 314 g/mol. The van der Waals surface area contributed by atoms with E-state index in [1.807, 2.05) is 24.3 Å². The van der Waals surface area contributed by atoms with Crippen LogP contribution in [-0.2, 0) is 5.41 Å². The van der Waals surface area contributed by atoms with Gasteiger partial charge in [-0.05, 0) is 28.7 Å². The van der Waals surface area contributed by atoms with Gasteiger partial charge in [0, 0.05) is 6.54 Å². The summed E-state index contributed by atoms with van der Waals surface area (Å²) in [6.45, 7) is 6.48. The normalized spacial score (nSPS) is 12.7. The average molecular weight is 314 g/mol. The van der Waals surface area contributed by atoms with Crippen LogP contribution in [0.15, 0.2) is 36.4 Å². The maximum Gasteiger partial charge on any atom is 0.267 e. The summed E-state index contributed by atoms with van der Waals surface area (Å²) in [6, 6.07) is 10.8. The Balaban J connectivity index is 1.95. The first-order chi connectivity index (χ1) is 10.8.